The third-order valence-electron chi connectivity index (χ3n) is 5.58. The standard InChI is InChI=1S/C21H31IN6O4/c1-21(2,3)32-20(29)27-5-4-14(12-27)28-13-15(22)16-17(23)24-19(25-18(16)28)31-11-8-26-6-9-30-10-7-26/h13-14H,4-12H2,1-3H3,(H2,23,24,25). The summed E-state index contributed by atoms with van der Waals surface area (Å²) in [7, 11) is 0. The number of morpholine rings is 1. The van der Waals surface area contributed by atoms with Crippen molar-refractivity contribution in [3.63, 3.8) is 0 Å². The van der Waals surface area contributed by atoms with Gasteiger partial charge < -0.3 is 29.4 Å². The second-order valence-electron chi connectivity index (χ2n) is 9.15. The van der Waals surface area contributed by atoms with Crippen molar-refractivity contribution in [3.05, 3.63) is 9.77 Å². The van der Waals surface area contributed by atoms with Crippen LogP contribution in [0.4, 0.5) is 10.6 Å². The number of carbonyl (C=O) groups is 1. The Morgan fingerprint density at radius 2 is 2.03 bits per heavy atom. The monoisotopic (exact) mass is 558 g/mol. The zero-order valence-corrected chi connectivity index (χ0v) is 21.0. The van der Waals surface area contributed by atoms with Crippen LogP contribution in [0.15, 0.2) is 6.20 Å². The molecule has 0 saturated carbocycles. The number of nitrogen functional groups attached to an aromatic ring is 1. The molecular weight excluding hydrogens is 527 g/mol. The average Bonchev–Trinajstić information content (AvgIpc) is 3.33. The fraction of sp³-hybridized carbons (Fsp3) is 0.667. The molecule has 2 aromatic heterocycles. The van der Waals surface area contributed by atoms with Crippen LogP contribution in [0, 0.1) is 3.57 Å². The van der Waals surface area contributed by atoms with Gasteiger partial charge in [0.1, 0.15) is 18.0 Å². The SMILES string of the molecule is CC(C)(C)OC(=O)N1CCC(n2cc(I)c3c(N)nc(OCCN4CCOCC4)nc32)C1. The predicted molar refractivity (Wildman–Crippen MR) is 129 cm³/mol. The molecule has 1 unspecified atom stereocenters. The highest BCUT2D eigenvalue weighted by Gasteiger charge is 2.32. The van der Waals surface area contributed by atoms with Crippen LogP contribution in [0.1, 0.15) is 33.2 Å². The van der Waals surface area contributed by atoms with Crippen LogP contribution in [-0.2, 0) is 9.47 Å². The summed E-state index contributed by atoms with van der Waals surface area (Å²) in [4.78, 5) is 25.6. The molecule has 0 aromatic carbocycles. The first-order chi connectivity index (χ1) is 15.2. The number of likely N-dealkylation sites (tertiary alicyclic amines) is 1. The number of halogens is 1. The van der Waals surface area contributed by atoms with E-state index in [0.29, 0.717) is 25.5 Å². The number of aromatic nitrogens is 3. The number of ether oxygens (including phenoxy) is 3. The molecule has 176 valence electrons. The van der Waals surface area contributed by atoms with E-state index in [-0.39, 0.29) is 18.1 Å². The Bertz CT molecular complexity index is 969. The molecule has 0 radical (unpaired) electrons. The number of rotatable bonds is 5. The second kappa shape index (κ2) is 9.56. The smallest absolute Gasteiger partial charge is 0.410 e. The van der Waals surface area contributed by atoms with E-state index in [1.165, 1.54) is 0 Å². The molecule has 1 atom stereocenters. The number of amides is 1. The van der Waals surface area contributed by atoms with Crippen LogP contribution < -0.4 is 10.5 Å². The van der Waals surface area contributed by atoms with Crippen LogP contribution in [0.5, 0.6) is 6.01 Å². The summed E-state index contributed by atoms with van der Waals surface area (Å²) in [6, 6.07) is 0.366. The highest BCUT2D eigenvalue weighted by molar-refractivity contribution is 14.1. The maximum absolute atomic E-state index is 12.5. The summed E-state index contributed by atoms with van der Waals surface area (Å²) >= 11 is 2.25. The predicted octanol–water partition coefficient (Wildman–Crippen LogP) is 2.51. The molecule has 2 aliphatic heterocycles. The average molecular weight is 558 g/mol. The lowest BCUT2D eigenvalue weighted by Gasteiger charge is -2.26. The van der Waals surface area contributed by atoms with Gasteiger partial charge in [0, 0.05) is 42.5 Å². The lowest BCUT2D eigenvalue weighted by molar-refractivity contribution is 0.0288. The van der Waals surface area contributed by atoms with Crippen LogP contribution in [-0.4, -0.2) is 88.6 Å². The molecule has 0 spiro atoms. The van der Waals surface area contributed by atoms with E-state index in [2.05, 4.69) is 42.0 Å². The molecule has 1 amide bonds. The van der Waals surface area contributed by atoms with Crippen LogP contribution >= 0.6 is 22.6 Å². The molecule has 4 heterocycles. The topological polar surface area (TPSA) is 108 Å². The molecule has 2 aliphatic rings. The Kier molecular flexibility index (Phi) is 6.96. The number of nitrogens with zero attached hydrogens (tertiary/aromatic N) is 5. The zero-order chi connectivity index (χ0) is 22.9. The maximum Gasteiger partial charge on any atom is 0.410 e. The van der Waals surface area contributed by atoms with Gasteiger partial charge in [0.05, 0.1) is 24.6 Å². The number of carbonyl (C=O) groups excluding carboxylic acids is 1. The molecule has 11 heteroatoms. The van der Waals surface area contributed by atoms with Crippen molar-refractivity contribution in [1.82, 2.24) is 24.3 Å². The van der Waals surface area contributed by atoms with Gasteiger partial charge in [0.25, 0.3) is 0 Å². The normalized spacial score (nSPS) is 20.1. The number of fused-ring (bicyclic) bond motifs is 1. The van der Waals surface area contributed by atoms with Gasteiger partial charge in [-0.15, -0.1) is 0 Å². The zero-order valence-electron chi connectivity index (χ0n) is 18.8. The van der Waals surface area contributed by atoms with Crippen molar-refractivity contribution in [1.29, 1.82) is 0 Å². The van der Waals surface area contributed by atoms with E-state index in [4.69, 9.17) is 19.9 Å². The third-order valence-corrected chi connectivity index (χ3v) is 6.40. The summed E-state index contributed by atoms with van der Waals surface area (Å²) in [6.07, 6.45) is 2.56. The van der Waals surface area contributed by atoms with Gasteiger partial charge in [-0.25, -0.2) is 4.79 Å². The van der Waals surface area contributed by atoms with Gasteiger partial charge in [-0.2, -0.15) is 9.97 Å². The molecule has 10 nitrogen and oxygen atoms in total. The Balaban J connectivity index is 1.48. The van der Waals surface area contributed by atoms with E-state index < -0.39 is 5.60 Å². The summed E-state index contributed by atoms with van der Waals surface area (Å²) in [5.74, 6) is 0.404. The van der Waals surface area contributed by atoms with Gasteiger partial charge in [-0.3, -0.25) is 4.90 Å². The van der Waals surface area contributed by atoms with E-state index in [1.807, 2.05) is 27.0 Å². The Morgan fingerprint density at radius 3 is 2.75 bits per heavy atom. The molecule has 0 aliphatic carbocycles. The van der Waals surface area contributed by atoms with Crippen molar-refractivity contribution in [2.24, 2.45) is 0 Å². The van der Waals surface area contributed by atoms with Gasteiger partial charge >= 0.3 is 12.1 Å². The number of nitrogens with two attached hydrogens (primary N) is 1. The lowest BCUT2D eigenvalue weighted by Crippen LogP contribution is -2.38. The van der Waals surface area contributed by atoms with Gasteiger partial charge in [0.15, 0.2) is 5.65 Å². The fourth-order valence-electron chi connectivity index (χ4n) is 4.00. The first kappa shape index (κ1) is 23.3. The molecule has 2 fully saturated rings. The molecule has 2 N–H and O–H groups in total. The first-order valence-electron chi connectivity index (χ1n) is 11.0. The highest BCUT2D eigenvalue weighted by Crippen LogP contribution is 2.33. The minimum atomic E-state index is -0.514. The van der Waals surface area contributed by atoms with Crippen molar-refractivity contribution >= 4 is 45.5 Å². The molecular formula is C21H31IN6O4. The minimum absolute atomic E-state index is 0.0871. The van der Waals surface area contributed by atoms with Crippen LogP contribution in [0.3, 0.4) is 0 Å². The van der Waals surface area contributed by atoms with E-state index in [1.54, 1.807) is 4.90 Å². The maximum atomic E-state index is 12.5. The molecule has 4 rings (SSSR count). The van der Waals surface area contributed by atoms with Crippen molar-refractivity contribution in [2.45, 2.75) is 38.8 Å². The van der Waals surface area contributed by atoms with Gasteiger partial charge in [-0.1, -0.05) is 0 Å². The largest absolute Gasteiger partial charge is 0.462 e. The van der Waals surface area contributed by atoms with Crippen molar-refractivity contribution in [3.8, 4) is 6.01 Å². The Hall–Kier alpha value is -1.86. The van der Waals surface area contributed by atoms with E-state index >= 15 is 0 Å². The highest BCUT2D eigenvalue weighted by atomic mass is 127. The fourth-order valence-corrected chi connectivity index (χ4v) is 4.82. The second-order valence-corrected chi connectivity index (χ2v) is 10.3. The minimum Gasteiger partial charge on any atom is -0.462 e. The van der Waals surface area contributed by atoms with Crippen LogP contribution in [0.2, 0.25) is 0 Å². The first-order valence-corrected chi connectivity index (χ1v) is 12.0. The molecule has 0 bridgehead atoms. The van der Waals surface area contributed by atoms with Gasteiger partial charge in [0.2, 0.25) is 0 Å². The van der Waals surface area contributed by atoms with Gasteiger partial charge in [-0.05, 0) is 49.8 Å². The summed E-state index contributed by atoms with van der Waals surface area (Å²) in [6.45, 7) is 11.4. The molecule has 2 saturated heterocycles. The lowest BCUT2D eigenvalue weighted by atomic mass is 10.2. The van der Waals surface area contributed by atoms with Crippen molar-refractivity contribution < 1.29 is 19.0 Å². The summed E-state index contributed by atoms with van der Waals surface area (Å²) in [5.41, 5.74) is 6.49. The summed E-state index contributed by atoms with van der Waals surface area (Å²) < 4.78 is 19.8. The quantitative estimate of drug-likeness (QED) is 0.558. The van der Waals surface area contributed by atoms with E-state index in [9.17, 15) is 4.79 Å². The molecule has 32 heavy (non-hydrogen) atoms. The summed E-state index contributed by atoms with van der Waals surface area (Å²) in [5, 5.41) is 0.821. The Labute approximate surface area is 201 Å². The molecule has 2 aromatic rings. The Morgan fingerprint density at radius 1 is 1.28 bits per heavy atom. The number of anilines is 1. The number of hydrogen-bond acceptors (Lipinski definition) is 8. The third kappa shape index (κ3) is 5.37. The van der Waals surface area contributed by atoms with E-state index in [0.717, 1.165) is 53.9 Å². The number of hydrogen-bond donors (Lipinski definition) is 1. The van der Waals surface area contributed by atoms with Crippen molar-refractivity contribution in [2.75, 3.05) is 58.3 Å². The van der Waals surface area contributed by atoms with Crippen LogP contribution in [0.25, 0.3) is 11.0 Å².